The topological polar surface area (TPSA) is 66.8 Å². The highest BCUT2D eigenvalue weighted by Crippen LogP contribution is 2.09. The number of ether oxygens (including phenoxy) is 1. The zero-order chi connectivity index (χ0) is 18.6. The van der Waals surface area contributed by atoms with Gasteiger partial charge in [0.1, 0.15) is 6.10 Å². The molecule has 25 heavy (non-hydrogen) atoms. The molecule has 0 fully saturated rings. The number of esters is 1. The molecule has 0 rings (SSSR count). The Balaban J connectivity index is 3.35. The van der Waals surface area contributed by atoms with Crippen molar-refractivity contribution in [1.29, 1.82) is 0 Å². The molecule has 0 aromatic carbocycles. The van der Waals surface area contributed by atoms with Crippen molar-refractivity contribution in [3.05, 3.63) is 24.3 Å². The largest absolute Gasteiger partial charge is 0.457 e. The van der Waals surface area contributed by atoms with E-state index in [-0.39, 0.29) is 19.2 Å². The van der Waals surface area contributed by atoms with Crippen LogP contribution in [0.4, 0.5) is 0 Å². The average molecular weight is 355 g/mol. The van der Waals surface area contributed by atoms with Gasteiger partial charge in [-0.2, -0.15) is 0 Å². The average Bonchev–Trinajstić information content (AvgIpc) is 2.62. The van der Waals surface area contributed by atoms with Gasteiger partial charge >= 0.3 is 5.97 Å². The van der Waals surface area contributed by atoms with Gasteiger partial charge in [-0.3, -0.25) is 4.79 Å². The van der Waals surface area contributed by atoms with Gasteiger partial charge in [-0.1, -0.05) is 63.3 Å². The second-order valence-electron chi connectivity index (χ2n) is 6.46. The van der Waals surface area contributed by atoms with Crippen molar-refractivity contribution < 1.29 is 19.7 Å². The minimum Gasteiger partial charge on any atom is -0.457 e. The van der Waals surface area contributed by atoms with E-state index < -0.39 is 6.10 Å². The second kappa shape index (κ2) is 19.2. The van der Waals surface area contributed by atoms with Crippen LogP contribution in [-0.2, 0) is 9.53 Å². The molecule has 0 saturated heterocycles. The van der Waals surface area contributed by atoms with Crippen LogP contribution in [0.25, 0.3) is 0 Å². The molecule has 0 saturated carbocycles. The maximum absolute atomic E-state index is 11.4. The van der Waals surface area contributed by atoms with Gasteiger partial charge in [0.2, 0.25) is 0 Å². The van der Waals surface area contributed by atoms with Gasteiger partial charge in [-0.15, -0.1) is 0 Å². The number of allylic oxidation sites excluding steroid dienone is 4. The SMILES string of the molecule is CCCCC/C=C/C/C=C\CCCCCCCC(=O)OC(CO)CO. The highest BCUT2D eigenvalue weighted by atomic mass is 16.6. The summed E-state index contributed by atoms with van der Waals surface area (Å²) >= 11 is 0. The number of hydrogen-bond acceptors (Lipinski definition) is 4. The molecule has 0 aliphatic heterocycles. The summed E-state index contributed by atoms with van der Waals surface area (Å²) in [5, 5.41) is 17.7. The van der Waals surface area contributed by atoms with Crippen molar-refractivity contribution in [2.45, 2.75) is 90.1 Å². The molecule has 4 heteroatoms. The summed E-state index contributed by atoms with van der Waals surface area (Å²) in [5.74, 6) is -0.334. The number of carbonyl (C=O) groups is 1. The maximum atomic E-state index is 11.4. The third-order valence-corrected chi connectivity index (χ3v) is 4.04. The summed E-state index contributed by atoms with van der Waals surface area (Å²) in [6, 6.07) is 0. The van der Waals surface area contributed by atoms with Crippen molar-refractivity contribution in [3.8, 4) is 0 Å². The molecule has 0 atom stereocenters. The first-order valence-electron chi connectivity index (χ1n) is 9.95. The molecule has 0 unspecified atom stereocenters. The zero-order valence-electron chi connectivity index (χ0n) is 16.0. The second-order valence-corrected chi connectivity index (χ2v) is 6.46. The zero-order valence-corrected chi connectivity index (χ0v) is 16.0. The van der Waals surface area contributed by atoms with E-state index in [4.69, 9.17) is 14.9 Å². The third kappa shape index (κ3) is 17.5. The van der Waals surface area contributed by atoms with Crippen LogP contribution < -0.4 is 0 Å². The van der Waals surface area contributed by atoms with Crippen LogP contribution in [0.1, 0.15) is 84.0 Å². The molecule has 0 aromatic heterocycles. The Bertz CT molecular complexity index is 346. The number of aliphatic hydroxyl groups is 2. The van der Waals surface area contributed by atoms with Gasteiger partial charge in [0, 0.05) is 6.42 Å². The fraction of sp³-hybridized carbons (Fsp3) is 0.762. The molecule has 0 radical (unpaired) electrons. The Morgan fingerprint density at radius 2 is 1.40 bits per heavy atom. The van der Waals surface area contributed by atoms with E-state index in [1.165, 1.54) is 38.5 Å². The molecular formula is C21H38O4. The molecule has 0 spiro atoms. The van der Waals surface area contributed by atoms with E-state index in [1.807, 2.05) is 0 Å². The van der Waals surface area contributed by atoms with Gasteiger partial charge in [-0.25, -0.2) is 0 Å². The predicted molar refractivity (Wildman–Crippen MR) is 103 cm³/mol. The predicted octanol–water partition coefficient (Wildman–Crippen LogP) is 4.70. The fourth-order valence-corrected chi connectivity index (χ4v) is 2.46. The lowest BCUT2D eigenvalue weighted by atomic mass is 10.1. The van der Waals surface area contributed by atoms with Crippen molar-refractivity contribution >= 4 is 5.97 Å². The Hall–Kier alpha value is -1.13. The molecular weight excluding hydrogens is 316 g/mol. The first kappa shape index (κ1) is 23.9. The van der Waals surface area contributed by atoms with Crippen LogP contribution >= 0.6 is 0 Å². The quantitative estimate of drug-likeness (QED) is 0.226. The molecule has 2 N–H and O–H groups in total. The normalized spacial score (nSPS) is 11.8. The van der Waals surface area contributed by atoms with E-state index in [0.29, 0.717) is 6.42 Å². The maximum Gasteiger partial charge on any atom is 0.306 e. The molecule has 0 amide bonds. The first-order chi connectivity index (χ1) is 12.2. The van der Waals surface area contributed by atoms with E-state index in [2.05, 4.69) is 31.2 Å². The van der Waals surface area contributed by atoms with Crippen molar-refractivity contribution in [2.24, 2.45) is 0 Å². The number of aliphatic hydroxyl groups excluding tert-OH is 2. The Labute approximate surface area is 154 Å². The molecule has 0 bridgehead atoms. The summed E-state index contributed by atoms with van der Waals surface area (Å²) in [6.45, 7) is 1.57. The minimum atomic E-state index is -0.773. The first-order valence-corrected chi connectivity index (χ1v) is 9.95. The van der Waals surface area contributed by atoms with E-state index in [0.717, 1.165) is 32.1 Å². The number of rotatable bonds is 17. The van der Waals surface area contributed by atoms with Gasteiger partial charge in [0.15, 0.2) is 0 Å². The third-order valence-electron chi connectivity index (χ3n) is 4.04. The lowest BCUT2D eigenvalue weighted by molar-refractivity contribution is -0.153. The smallest absolute Gasteiger partial charge is 0.306 e. The fourth-order valence-electron chi connectivity index (χ4n) is 2.46. The van der Waals surface area contributed by atoms with Gasteiger partial charge in [0.25, 0.3) is 0 Å². The monoisotopic (exact) mass is 354 g/mol. The standard InChI is InChI=1S/C21H38O4/c1-2-3-4-5-6-7-8-9-10-11-12-13-14-15-16-17-21(24)25-20(18-22)19-23/h6-7,9-10,20,22-23H,2-5,8,11-19H2,1H3/b7-6+,10-9-. The molecule has 0 heterocycles. The summed E-state index contributed by atoms with van der Waals surface area (Å²) in [4.78, 5) is 11.4. The molecule has 4 nitrogen and oxygen atoms in total. The number of unbranched alkanes of at least 4 members (excludes halogenated alkanes) is 8. The minimum absolute atomic E-state index is 0.329. The van der Waals surface area contributed by atoms with E-state index in [9.17, 15) is 4.79 Å². The number of carbonyl (C=O) groups excluding carboxylic acids is 1. The van der Waals surface area contributed by atoms with Crippen LogP contribution in [0, 0.1) is 0 Å². The highest BCUT2D eigenvalue weighted by molar-refractivity contribution is 5.69. The number of hydrogen-bond donors (Lipinski definition) is 2. The molecule has 0 aliphatic rings. The summed E-state index contributed by atoms with van der Waals surface area (Å²) in [6.07, 6.45) is 21.2. The molecule has 0 aliphatic carbocycles. The Morgan fingerprint density at radius 1 is 0.840 bits per heavy atom. The van der Waals surface area contributed by atoms with E-state index in [1.54, 1.807) is 0 Å². The van der Waals surface area contributed by atoms with Crippen molar-refractivity contribution in [1.82, 2.24) is 0 Å². The van der Waals surface area contributed by atoms with Crippen LogP contribution in [0.3, 0.4) is 0 Å². The van der Waals surface area contributed by atoms with E-state index >= 15 is 0 Å². The van der Waals surface area contributed by atoms with Crippen molar-refractivity contribution in [2.75, 3.05) is 13.2 Å². The molecule has 0 aromatic rings. The summed E-state index contributed by atoms with van der Waals surface area (Å²) in [7, 11) is 0. The van der Waals surface area contributed by atoms with Crippen LogP contribution in [0.5, 0.6) is 0 Å². The lowest BCUT2D eigenvalue weighted by Gasteiger charge is -2.12. The Morgan fingerprint density at radius 3 is 2.00 bits per heavy atom. The van der Waals surface area contributed by atoms with Gasteiger partial charge in [0.05, 0.1) is 13.2 Å². The van der Waals surface area contributed by atoms with Crippen LogP contribution in [0.15, 0.2) is 24.3 Å². The van der Waals surface area contributed by atoms with Crippen molar-refractivity contribution in [3.63, 3.8) is 0 Å². The van der Waals surface area contributed by atoms with Crippen LogP contribution in [-0.4, -0.2) is 35.5 Å². The van der Waals surface area contributed by atoms with Crippen LogP contribution in [0.2, 0.25) is 0 Å². The summed E-state index contributed by atoms with van der Waals surface area (Å²) in [5.41, 5.74) is 0. The van der Waals surface area contributed by atoms with Gasteiger partial charge in [-0.05, 0) is 38.5 Å². The molecule has 146 valence electrons. The highest BCUT2D eigenvalue weighted by Gasteiger charge is 2.11. The summed E-state index contributed by atoms with van der Waals surface area (Å²) < 4.78 is 4.91. The van der Waals surface area contributed by atoms with Gasteiger partial charge < -0.3 is 14.9 Å². The lowest BCUT2D eigenvalue weighted by Crippen LogP contribution is -2.25. The Kier molecular flexibility index (Phi) is 18.3.